The molecule has 0 aromatic carbocycles. The largest absolute Gasteiger partial charge is 0.353 e. The third-order valence-corrected chi connectivity index (χ3v) is 2.54. The van der Waals surface area contributed by atoms with Crippen molar-refractivity contribution in [2.75, 3.05) is 17.6 Å². The first-order valence-corrected chi connectivity index (χ1v) is 6.66. The molecule has 0 aromatic rings. The van der Waals surface area contributed by atoms with Crippen molar-refractivity contribution in [3.63, 3.8) is 0 Å². The molecule has 0 rings (SSSR count). The SMILES string of the molecule is CCOC(CCCCCI)OCC. The molecule has 0 aliphatic heterocycles. The molecule has 0 radical (unpaired) electrons. The Morgan fingerprint density at radius 2 is 1.62 bits per heavy atom. The lowest BCUT2D eigenvalue weighted by Gasteiger charge is -2.16. The van der Waals surface area contributed by atoms with Gasteiger partial charge in [0, 0.05) is 13.2 Å². The summed E-state index contributed by atoms with van der Waals surface area (Å²) in [7, 11) is 0. The van der Waals surface area contributed by atoms with Gasteiger partial charge in [0.15, 0.2) is 6.29 Å². The van der Waals surface area contributed by atoms with Gasteiger partial charge in [0.05, 0.1) is 0 Å². The zero-order chi connectivity index (χ0) is 9.94. The quantitative estimate of drug-likeness (QED) is 0.281. The molecule has 0 amide bonds. The molecule has 0 heterocycles. The van der Waals surface area contributed by atoms with Crippen LogP contribution in [0.3, 0.4) is 0 Å². The lowest BCUT2D eigenvalue weighted by atomic mass is 10.2. The van der Waals surface area contributed by atoms with Gasteiger partial charge in [0.1, 0.15) is 0 Å². The Kier molecular flexibility index (Phi) is 11.3. The summed E-state index contributed by atoms with van der Waals surface area (Å²) in [6.07, 6.45) is 4.89. The van der Waals surface area contributed by atoms with Crippen LogP contribution in [0.4, 0.5) is 0 Å². The smallest absolute Gasteiger partial charge is 0.157 e. The zero-order valence-electron chi connectivity index (χ0n) is 8.72. The van der Waals surface area contributed by atoms with Gasteiger partial charge in [0.25, 0.3) is 0 Å². The van der Waals surface area contributed by atoms with Crippen LogP contribution in [-0.2, 0) is 9.47 Å². The van der Waals surface area contributed by atoms with Crippen LogP contribution in [0.2, 0.25) is 0 Å². The van der Waals surface area contributed by atoms with Crippen LogP contribution in [-0.4, -0.2) is 23.9 Å². The van der Waals surface area contributed by atoms with Crippen LogP contribution >= 0.6 is 22.6 Å². The second kappa shape index (κ2) is 10.7. The molecule has 0 saturated carbocycles. The van der Waals surface area contributed by atoms with Crippen molar-refractivity contribution in [3.8, 4) is 0 Å². The summed E-state index contributed by atoms with van der Waals surface area (Å²) in [6, 6.07) is 0. The molecule has 0 atom stereocenters. The van der Waals surface area contributed by atoms with Crippen LogP contribution in [0, 0.1) is 0 Å². The average Bonchev–Trinajstić information content (AvgIpc) is 2.13. The van der Waals surface area contributed by atoms with Gasteiger partial charge in [0.2, 0.25) is 0 Å². The van der Waals surface area contributed by atoms with Gasteiger partial charge < -0.3 is 9.47 Å². The molecule has 0 spiro atoms. The molecule has 0 saturated heterocycles. The van der Waals surface area contributed by atoms with Crippen molar-refractivity contribution < 1.29 is 9.47 Å². The molecule has 0 unspecified atom stereocenters. The maximum Gasteiger partial charge on any atom is 0.157 e. The summed E-state index contributed by atoms with van der Waals surface area (Å²) in [5, 5.41) is 0. The van der Waals surface area contributed by atoms with E-state index in [1.165, 1.54) is 23.7 Å². The van der Waals surface area contributed by atoms with E-state index >= 15 is 0 Å². The zero-order valence-corrected chi connectivity index (χ0v) is 10.9. The number of rotatable bonds is 9. The van der Waals surface area contributed by atoms with Gasteiger partial charge >= 0.3 is 0 Å². The minimum Gasteiger partial charge on any atom is -0.353 e. The highest BCUT2D eigenvalue weighted by molar-refractivity contribution is 14.1. The fraction of sp³-hybridized carbons (Fsp3) is 1.00. The van der Waals surface area contributed by atoms with Crippen molar-refractivity contribution in [1.29, 1.82) is 0 Å². The van der Waals surface area contributed by atoms with E-state index in [9.17, 15) is 0 Å². The number of hydrogen-bond donors (Lipinski definition) is 0. The van der Waals surface area contributed by atoms with E-state index in [4.69, 9.17) is 9.47 Å². The van der Waals surface area contributed by atoms with Crippen molar-refractivity contribution in [2.45, 2.75) is 45.8 Å². The molecule has 0 N–H and O–H groups in total. The molecule has 0 fully saturated rings. The summed E-state index contributed by atoms with van der Waals surface area (Å²) >= 11 is 2.42. The van der Waals surface area contributed by atoms with Crippen LogP contribution in [0.25, 0.3) is 0 Å². The van der Waals surface area contributed by atoms with E-state index in [0.29, 0.717) is 0 Å². The summed E-state index contributed by atoms with van der Waals surface area (Å²) in [6.45, 7) is 5.52. The second-order valence-corrected chi connectivity index (χ2v) is 3.96. The Morgan fingerprint density at radius 1 is 1.00 bits per heavy atom. The Bertz CT molecular complexity index is 92.9. The normalized spacial score (nSPS) is 11.1. The molecule has 13 heavy (non-hydrogen) atoms. The lowest BCUT2D eigenvalue weighted by molar-refractivity contribution is -0.140. The predicted molar refractivity (Wildman–Crippen MR) is 64.4 cm³/mol. The average molecular weight is 300 g/mol. The third kappa shape index (κ3) is 8.97. The summed E-state index contributed by atoms with van der Waals surface area (Å²) < 4.78 is 12.1. The van der Waals surface area contributed by atoms with Gasteiger partial charge in [-0.05, 0) is 37.5 Å². The van der Waals surface area contributed by atoms with Gasteiger partial charge in [-0.15, -0.1) is 0 Å². The number of hydrogen-bond acceptors (Lipinski definition) is 2. The highest BCUT2D eigenvalue weighted by Gasteiger charge is 2.06. The monoisotopic (exact) mass is 300 g/mol. The standard InChI is InChI=1S/C10H21IO2/c1-3-12-10(13-4-2)8-6-5-7-9-11/h10H,3-9H2,1-2H3. The number of halogens is 1. The van der Waals surface area contributed by atoms with Gasteiger partial charge in [-0.25, -0.2) is 0 Å². The Hall–Kier alpha value is 0.650. The minimum atomic E-state index is 0.0317. The first kappa shape index (κ1) is 13.7. The number of alkyl halides is 1. The van der Waals surface area contributed by atoms with Gasteiger partial charge in [-0.1, -0.05) is 29.0 Å². The lowest BCUT2D eigenvalue weighted by Crippen LogP contribution is -2.17. The summed E-state index contributed by atoms with van der Waals surface area (Å²) in [5.41, 5.74) is 0. The Morgan fingerprint density at radius 3 is 2.08 bits per heavy atom. The first-order chi connectivity index (χ1) is 6.35. The first-order valence-electron chi connectivity index (χ1n) is 5.14. The molecule has 0 bridgehead atoms. The van der Waals surface area contributed by atoms with E-state index in [-0.39, 0.29) is 6.29 Å². The molecule has 3 heteroatoms. The molecule has 2 nitrogen and oxygen atoms in total. The van der Waals surface area contributed by atoms with E-state index < -0.39 is 0 Å². The van der Waals surface area contributed by atoms with Gasteiger partial charge in [-0.2, -0.15) is 0 Å². The minimum absolute atomic E-state index is 0.0317. The molecule has 0 aliphatic rings. The number of ether oxygens (including phenoxy) is 2. The van der Waals surface area contributed by atoms with Crippen LogP contribution in [0.1, 0.15) is 39.5 Å². The molecule has 0 aromatic heterocycles. The van der Waals surface area contributed by atoms with Crippen molar-refractivity contribution in [3.05, 3.63) is 0 Å². The topological polar surface area (TPSA) is 18.5 Å². The van der Waals surface area contributed by atoms with Crippen LogP contribution in [0.5, 0.6) is 0 Å². The molecular formula is C10H21IO2. The Labute approximate surface area is 95.5 Å². The van der Waals surface area contributed by atoms with E-state index in [0.717, 1.165) is 19.6 Å². The van der Waals surface area contributed by atoms with Crippen LogP contribution < -0.4 is 0 Å². The third-order valence-electron chi connectivity index (χ3n) is 1.78. The fourth-order valence-electron chi connectivity index (χ4n) is 1.17. The maximum atomic E-state index is 5.44. The van der Waals surface area contributed by atoms with Crippen molar-refractivity contribution >= 4 is 22.6 Å². The van der Waals surface area contributed by atoms with Gasteiger partial charge in [-0.3, -0.25) is 0 Å². The van der Waals surface area contributed by atoms with Crippen molar-refractivity contribution in [1.82, 2.24) is 0 Å². The predicted octanol–water partition coefficient (Wildman–Crippen LogP) is 3.38. The van der Waals surface area contributed by atoms with Crippen molar-refractivity contribution in [2.24, 2.45) is 0 Å². The van der Waals surface area contributed by atoms with Crippen LogP contribution in [0.15, 0.2) is 0 Å². The van der Waals surface area contributed by atoms with E-state index in [2.05, 4.69) is 22.6 Å². The summed E-state index contributed by atoms with van der Waals surface area (Å²) in [4.78, 5) is 0. The van der Waals surface area contributed by atoms with E-state index in [1.54, 1.807) is 0 Å². The molecular weight excluding hydrogens is 279 g/mol. The Balaban J connectivity index is 3.33. The number of unbranched alkanes of at least 4 members (excludes halogenated alkanes) is 2. The van der Waals surface area contributed by atoms with E-state index in [1.807, 2.05) is 13.8 Å². The second-order valence-electron chi connectivity index (χ2n) is 2.88. The fourth-order valence-corrected chi connectivity index (χ4v) is 1.71. The maximum absolute atomic E-state index is 5.44. The highest BCUT2D eigenvalue weighted by atomic mass is 127. The molecule has 0 aliphatic carbocycles. The highest BCUT2D eigenvalue weighted by Crippen LogP contribution is 2.09. The summed E-state index contributed by atoms with van der Waals surface area (Å²) in [5.74, 6) is 0. The molecule has 80 valence electrons.